The van der Waals surface area contributed by atoms with Crippen molar-refractivity contribution in [3.8, 4) is 0 Å². The molecule has 0 unspecified atom stereocenters. The molecule has 0 N–H and O–H groups in total. The van der Waals surface area contributed by atoms with Gasteiger partial charge in [0, 0.05) is 22.0 Å². The van der Waals surface area contributed by atoms with Crippen LogP contribution in [0.15, 0.2) is 106 Å². The molecule has 1 aliphatic rings. The highest BCUT2D eigenvalue weighted by atomic mass is 32.2. The van der Waals surface area contributed by atoms with Crippen molar-refractivity contribution in [2.45, 2.75) is 52.9 Å². The molecule has 0 amide bonds. The third-order valence-electron chi connectivity index (χ3n) is 5.58. The lowest BCUT2D eigenvalue weighted by atomic mass is 9.91. The average Bonchev–Trinajstić information content (AvgIpc) is 2.85. The molecule has 0 saturated heterocycles. The molecule has 0 heterocycles. The highest BCUT2D eigenvalue weighted by Gasteiger charge is 2.19. The minimum Gasteiger partial charge on any atom is -0.247 e. The van der Waals surface area contributed by atoms with E-state index in [0.717, 1.165) is 18.0 Å². The Bertz CT molecular complexity index is 897. The minimum atomic E-state index is 0.376. The maximum absolute atomic E-state index is 5.12. The summed E-state index contributed by atoms with van der Waals surface area (Å²) >= 11 is 5.90. The molecule has 1 fully saturated rings. The van der Waals surface area contributed by atoms with Gasteiger partial charge in [0.25, 0.3) is 0 Å². The Morgan fingerprint density at radius 2 is 1.25 bits per heavy atom. The molecular formula is C28H31NS3. The van der Waals surface area contributed by atoms with Gasteiger partial charge in [0.1, 0.15) is 0 Å². The molecular weight excluding hydrogens is 447 g/mol. The van der Waals surface area contributed by atoms with Crippen LogP contribution >= 0.6 is 35.3 Å². The summed E-state index contributed by atoms with van der Waals surface area (Å²) in [5, 5.41) is 1.26. The largest absolute Gasteiger partial charge is 0.247 e. The van der Waals surface area contributed by atoms with E-state index in [-0.39, 0.29) is 0 Å². The van der Waals surface area contributed by atoms with Gasteiger partial charge >= 0.3 is 0 Å². The molecule has 0 atom stereocenters. The Balaban J connectivity index is 1.52. The van der Waals surface area contributed by atoms with Crippen LogP contribution in [0.4, 0.5) is 5.69 Å². The maximum atomic E-state index is 5.12. The van der Waals surface area contributed by atoms with Gasteiger partial charge in [-0.15, -0.1) is 35.3 Å². The van der Waals surface area contributed by atoms with Crippen LogP contribution < -0.4 is 0 Å². The number of aliphatic imine (C=N–C) groups is 1. The van der Waals surface area contributed by atoms with Crippen molar-refractivity contribution in [1.29, 1.82) is 0 Å². The number of thioether (sulfide) groups is 3. The Kier molecular flexibility index (Phi) is 9.69. The van der Waals surface area contributed by atoms with E-state index in [9.17, 15) is 0 Å². The number of benzene rings is 3. The van der Waals surface area contributed by atoms with Crippen molar-refractivity contribution in [3.63, 3.8) is 0 Å². The van der Waals surface area contributed by atoms with Crippen LogP contribution in [0.1, 0.15) is 38.5 Å². The molecule has 4 rings (SSSR count). The predicted molar refractivity (Wildman–Crippen MR) is 146 cm³/mol. The second-order valence-corrected chi connectivity index (χ2v) is 12.1. The van der Waals surface area contributed by atoms with Crippen LogP contribution in [0.3, 0.4) is 0 Å². The van der Waals surface area contributed by atoms with Crippen molar-refractivity contribution in [1.82, 2.24) is 0 Å². The monoisotopic (exact) mass is 477 g/mol. The molecule has 3 aromatic rings. The summed E-state index contributed by atoms with van der Waals surface area (Å²) in [6.07, 6.45) is 7.93. The molecule has 1 aliphatic carbocycles. The van der Waals surface area contributed by atoms with Gasteiger partial charge in [-0.25, -0.2) is 4.99 Å². The molecule has 0 bridgehead atoms. The first-order chi connectivity index (χ1) is 15.8. The van der Waals surface area contributed by atoms with Gasteiger partial charge in [-0.3, -0.25) is 0 Å². The molecule has 32 heavy (non-hydrogen) atoms. The summed E-state index contributed by atoms with van der Waals surface area (Å²) in [6.45, 7) is 0. The fourth-order valence-corrected chi connectivity index (χ4v) is 7.91. The Hall–Kier alpha value is -1.62. The van der Waals surface area contributed by atoms with E-state index in [4.69, 9.17) is 4.99 Å². The lowest BCUT2D eigenvalue weighted by Gasteiger charge is -2.22. The van der Waals surface area contributed by atoms with E-state index in [2.05, 4.69) is 91.0 Å². The van der Waals surface area contributed by atoms with Gasteiger partial charge in [0.2, 0.25) is 0 Å². The standard InChI is InChI=1S/C28H31NS3/c1-5-13-23(14-6-1)22-30-27(29-24-15-7-2-8-16-24)21-28(31-25-17-9-3-10-18-25)32-26-19-11-4-12-20-26/h2-4,7-12,15-20,23,28H,1,5-6,13-14,21-22H2. The van der Waals surface area contributed by atoms with Gasteiger partial charge in [-0.05, 0) is 55.2 Å². The van der Waals surface area contributed by atoms with E-state index in [1.807, 2.05) is 35.3 Å². The van der Waals surface area contributed by atoms with Crippen LogP contribution in [-0.2, 0) is 0 Å². The van der Waals surface area contributed by atoms with Crippen LogP contribution in [0.2, 0.25) is 0 Å². The van der Waals surface area contributed by atoms with Gasteiger partial charge in [0.05, 0.1) is 15.3 Å². The summed E-state index contributed by atoms with van der Waals surface area (Å²) in [4.78, 5) is 7.75. The first-order valence-corrected chi connectivity index (χ1v) is 14.3. The molecule has 166 valence electrons. The topological polar surface area (TPSA) is 12.4 Å². The summed E-state index contributed by atoms with van der Waals surface area (Å²) < 4.78 is 0.376. The van der Waals surface area contributed by atoms with E-state index in [1.54, 1.807) is 0 Å². The molecule has 4 heteroatoms. The normalized spacial score (nSPS) is 15.2. The van der Waals surface area contributed by atoms with Crippen molar-refractivity contribution < 1.29 is 0 Å². The minimum absolute atomic E-state index is 0.376. The lowest BCUT2D eigenvalue weighted by molar-refractivity contribution is 0.391. The number of nitrogens with zero attached hydrogens (tertiary/aromatic N) is 1. The van der Waals surface area contributed by atoms with Crippen LogP contribution in [-0.4, -0.2) is 15.4 Å². The predicted octanol–water partition coefficient (Wildman–Crippen LogP) is 9.33. The van der Waals surface area contributed by atoms with Crippen LogP contribution in [0.5, 0.6) is 0 Å². The zero-order valence-corrected chi connectivity index (χ0v) is 20.9. The van der Waals surface area contributed by atoms with Crippen molar-refractivity contribution in [2.75, 3.05) is 5.75 Å². The third kappa shape index (κ3) is 8.06. The molecule has 0 aliphatic heterocycles. The van der Waals surface area contributed by atoms with Crippen molar-refractivity contribution in [3.05, 3.63) is 91.0 Å². The third-order valence-corrected chi connectivity index (χ3v) is 9.34. The second kappa shape index (κ2) is 13.2. The smallest absolute Gasteiger partial charge is 0.0758 e. The summed E-state index contributed by atoms with van der Waals surface area (Å²) in [5.41, 5.74) is 1.06. The fraction of sp³-hybridized carbons (Fsp3) is 0.321. The average molecular weight is 478 g/mol. The first kappa shape index (κ1) is 23.5. The number of para-hydroxylation sites is 1. The Morgan fingerprint density at radius 1 is 0.719 bits per heavy atom. The zero-order valence-electron chi connectivity index (χ0n) is 18.4. The van der Waals surface area contributed by atoms with Crippen LogP contribution in [0.25, 0.3) is 0 Å². The van der Waals surface area contributed by atoms with Gasteiger partial charge in [-0.1, -0.05) is 73.9 Å². The molecule has 3 aromatic carbocycles. The zero-order chi connectivity index (χ0) is 21.8. The highest BCUT2D eigenvalue weighted by Crippen LogP contribution is 2.39. The van der Waals surface area contributed by atoms with Crippen molar-refractivity contribution >= 4 is 46.0 Å². The van der Waals surface area contributed by atoms with Crippen LogP contribution in [0, 0.1) is 5.92 Å². The summed E-state index contributed by atoms with van der Waals surface area (Å²) in [7, 11) is 0. The van der Waals surface area contributed by atoms with Gasteiger partial charge in [-0.2, -0.15) is 0 Å². The van der Waals surface area contributed by atoms with E-state index in [0.29, 0.717) is 4.58 Å². The first-order valence-electron chi connectivity index (χ1n) is 11.5. The summed E-state index contributed by atoms with van der Waals surface area (Å²) in [5.74, 6) is 2.04. The Labute approximate surface area is 205 Å². The van der Waals surface area contributed by atoms with E-state index >= 15 is 0 Å². The van der Waals surface area contributed by atoms with Crippen molar-refractivity contribution in [2.24, 2.45) is 10.9 Å². The van der Waals surface area contributed by atoms with Gasteiger partial charge < -0.3 is 0 Å². The SMILES string of the molecule is c1ccc(N=C(CC(Sc2ccccc2)Sc2ccccc2)SCC2CCCCC2)cc1. The molecule has 0 spiro atoms. The molecule has 1 nitrogen and oxygen atoms in total. The second-order valence-electron chi connectivity index (χ2n) is 8.15. The highest BCUT2D eigenvalue weighted by molar-refractivity contribution is 8.17. The van der Waals surface area contributed by atoms with E-state index < -0.39 is 0 Å². The number of hydrogen-bond acceptors (Lipinski definition) is 4. The van der Waals surface area contributed by atoms with E-state index in [1.165, 1.54) is 52.7 Å². The Morgan fingerprint density at radius 3 is 1.81 bits per heavy atom. The maximum Gasteiger partial charge on any atom is 0.0758 e. The number of rotatable bonds is 9. The summed E-state index contributed by atoms with van der Waals surface area (Å²) in [6, 6.07) is 32.0. The number of hydrogen-bond donors (Lipinski definition) is 0. The fourth-order valence-electron chi connectivity index (χ4n) is 3.90. The lowest BCUT2D eigenvalue weighted by Crippen LogP contribution is -2.12. The molecule has 1 saturated carbocycles. The quantitative estimate of drug-likeness (QED) is 0.132. The molecule has 0 aromatic heterocycles. The van der Waals surface area contributed by atoms with Gasteiger partial charge in [0.15, 0.2) is 0 Å². The molecule has 0 radical (unpaired) electrons.